The number of benzene rings is 2. The Kier molecular flexibility index (Phi) is 2.83. The van der Waals surface area contributed by atoms with Crippen LogP contribution in [0.15, 0.2) is 53.6 Å². The molecule has 0 radical (unpaired) electrons. The van der Waals surface area contributed by atoms with E-state index in [-0.39, 0.29) is 4.90 Å². The topological polar surface area (TPSA) is 101 Å². The van der Waals surface area contributed by atoms with Crippen molar-refractivity contribution in [3.63, 3.8) is 0 Å². The minimum absolute atomic E-state index is 0.156. The first-order valence-corrected chi connectivity index (χ1v) is 7.35. The summed E-state index contributed by atoms with van der Waals surface area (Å²) in [6.07, 6.45) is 1.64. The van der Waals surface area contributed by atoms with E-state index in [0.717, 1.165) is 5.39 Å². The summed E-state index contributed by atoms with van der Waals surface area (Å²) in [4.78, 5) is 0.156. The average Bonchev–Trinajstić information content (AvgIpc) is 2.88. The Bertz CT molecular complexity index is 853. The van der Waals surface area contributed by atoms with Gasteiger partial charge < -0.3 is 5.73 Å². The summed E-state index contributed by atoms with van der Waals surface area (Å²) in [5.74, 6) is 0. The van der Waals surface area contributed by atoms with E-state index in [2.05, 4.69) is 14.9 Å². The van der Waals surface area contributed by atoms with Crippen LogP contribution in [0.2, 0.25) is 0 Å². The fraction of sp³-hybridized carbons (Fsp3) is 0. The van der Waals surface area contributed by atoms with Crippen molar-refractivity contribution in [1.29, 1.82) is 0 Å². The maximum atomic E-state index is 12.3. The van der Waals surface area contributed by atoms with Gasteiger partial charge in [-0.3, -0.25) is 9.82 Å². The molecule has 7 heteroatoms. The first-order valence-electron chi connectivity index (χ1n) is 5.87. The molecule has 20 heavy (non-hydrogen) atoms. The van der Waals surface area contributed by atoms with E-state index in [0.29, 0.717) is 16.9 Å². The molecule has 0 bridgehead atoms. The summed E-state index contributed by atoms with van der Waals surface area (Å²) >= 11 is 0. The van der Waals surface area contributed by atoms with Gasteiger partial charge in [-0.15, -0.1) is 0 Å². The number of nitrogens with zero attached hydrogens (tertiary/aromatic N) is 1. The Morgan fingerprint density at radius 2 is 1.85 bits per heavy atom. The molecule has 1 aromatic heterocycles. The molecule has 0 aliphatic carbocycles. The largest absolute Gasteiger partial charge is 0.399 e. The fourth-order valence-corrected chi connectivity index (χ4v) is 2.98. The maximum absolute atomic E-state index is 12.3. The van der Waals surface area contributed by atoms with E-state index >= 15 is 0 Å². The van der Waals surface area contributed by atoms with E-state index in [9.17, 15) is 8.42 Å². The van der Waals surface area contributed by atoms with Crippen molar-refractivity contribution in [2.45, 2.75) is 4.90 Å². The smallest absolute Gasteiger partial charge is 0.261 e. The molecular weight excluding hydrogens is 276 g/mol. The van der Waals surface area contributed by atoms with Crippen LogP contribution in [0.25, 0.3) is 10.9 Å². The van der Waals surface area contributed by atoms with Gasteiger partial charge in [0, 0.05) is 11.1 Å². The minimum atomic E-state index is -3.65. The Morgan fingerprint density at radius 1 is 1.10 bits per heavy atom. The normalized spacial score (nSPS) is 11.6. The van der Waals surface area contributed by atoms with Crippen LogP contribution >= 0.6 is 0 Å². The lowest BCUT2D eigenvalue weighted by atomic mass is 10.2. The van der Waals surface area contributed by atoms with Gasteiger partial charge in [-0.1, -0.05) is 12.1 Å². The zero-order valence-electron chi connectivity index (χ0n) is 10.4. The molecule has 0 saturated heterocycles. The molecule has 4 N–H and O–H groups in total. The van der Waals surface area contributed by atoms with Gasteiger partial charge in [-0.05, 0) is 30.3 Å². The molecule has 3 rings (SSSR count). The lowest BCUT2D eigenvalue weighted by Gasteiger charge is -2.09. The highest BCUT2D eigenvalue weighted by atomic mass is 32.2. The molecule has 0 unspecified atom stereocenters. The number of nitrogens with two attached hydrogens (primary N) is 1. The Morgan fingerprint density at radius 3 is 2.60 bits per heavy atom. The molecule has 6 nitrogen and oxygen atoms in total. The number of rotatable bonds is 3. The standard InChI is InChI=1S/C13H12N4O2S/c14-10-4-6-11(7-5-10)20(18,19)17-12-3-1-2-9-8-15-16-13(9)12/h1-8,17H,14H2,(H,15,16). The SMILES string of the molecule is Nc1ccc(S(=O)(=O)Nc2cccc3cn[nH]c23)cc1. The second-order valence-electron chi connectivity index (χ2n) is 4.31. The number of sulfonamides is 1. The van der Waals surface area contributed by atoms with Gasteiger partial charge in [0.05, 0.1) is 22.3 Å². The van der Waals surface area contributed by atoms with E-state index in [1.54, 1.807) is 30.5 Å². The highest BCUT2D eigenvalue weighted by Gasteiger charge is 2.15. The summed E-state index contributed by atoms with van der Waals surface area (Å²) in [7, 11) is -3.65. The van der Waals surface area contributed by atoms with Crippen molar-refractivity contribution in [2.75, 3.05) is 10.5 Å². The number of nitrogen functional groups attached to an aromatic ring is 1. The number of aromatic amines is 1. The summed E-state index contributed by atoms with van der Waals surface area (Å²) < 4.78 is 27.1. The Balaban J connectivity index is 2.01. The predicted octanol–water partition coefficient (Wildman–Crippen LogP) is 1.95. The lowest BCUT2D eigenvalue weighted by Crippen LogP contribution is -2.13. The quantitative estimate of drug-likeness (QED) is 0.641. The Labute approximate surface area is 115 Å². The summed E-state index contributed by atoms with van der Waals surface area (Å²) in [5.41, 5.74) is 7.17. The van der Waals surface area contributed by atoms with Crippen molar-refractivity contribution in [3.8, 4) is 0 Å². The highest BCUT2D eigenvalue weighted by Crippen LogP contribution is 2.23. The third-order valence-corrected chi connectivity index (χ3v) is 4.29. The van der Waals surface area contributed by atoms with Gasteiger partial charge in [-0.25, -0.2) is 8.42 Å². The zero-order chi connectivity index (χ0) is 14.2. The summed E-state index contributed by atoms with van der Waals surface area (Å²) in [5, 5.41) is 7.51. The number of hydrogen-bond donors (Lipinski definition) is 3. The van der Waals surface area contributed by atoms with Crippen LogP contribution in [0, 0.1) is 0 Å². The molecule has 0 saturated carbocycles. The molecule has 0 aliphatic rings. The van der Waals surface area contributed by atoms with Crippen LogP contribution in [-0.4, -0.2) is 18.6 Å². The predicted molar refractivity (Wildman–Crippen MR) is 77.8 cm³/mol. The van der Waals surface area contributed by atoms with Crippen LogP contribution in [-0.2, 0) is 10.0 Å². The van der Waals surface area contributed by atoms with E-state index in [4.69, 9.17) is 5.73 Å². The number of para-hydroxylation sites is 1. The third kappa shape index (κ3) is 2.19. The van der Waals surface area contributed by atoms with Crippen LogP contribution in [0.4, 0.5) is 11.4 Å². The molecule has 2 aromatic carbocycles. The van der Waals surface area contributed by atoms with Gasteiger partial charge in [0.1, 0.15) is 0 Å². The van der Waals surface area contributed by atoms with Crippen LogP contribution in [0.3, 0.4) is 0 Å². The van der Waals surface area contributed by atoms with E-state index in [1.807, 2.05) is 6.07 Å². The molecule has 0 fully saturated rings. The second-order valence-corrected chi connectivity index (χ2v) is 6.00. The van der Waals surface area contributed by atoms with Gasteiger partial charge in [0.25, 0.3) is 10.0 Å². The van der Waals surface area contributed by atoms with Crippen molar-refractivity contribution in [3.05, 3.63) is 48.7 Å². The second kappa shape index (κ2) is 4.53. The van der Waals surface area contributed by atoms with Crippen LogP contribution < -0.4 is 10.5 Å². The van der Waals surface area contributed by atoms with Crippen LogP contribution in [0.1, 0.15) is 0 Å². The summed E-state index contributed by atoms with van der Waals surface area (Å²) in [6, 6.07) is 11.3. The van der Waals surface area contributed by atoms with Crippen molar-refractivity contribution < 1.29 is 8.42 Å². The van der Waals surface area contributed by atoms with Crippen molar-refractivity contribution in [2.24, 2.45) is 0 Å². The number of fused-ring (bicyclic) bond motifs is 1. The lowest BCUT2D eigenvalue weighted by molar-refractivity contribution is 0.601. The number of nitrogens with one attached hydrogen (secondary N) is 2. The third-order valence-electron chi connectivity index (χ3n) is 2.91. The first-order chi connectivity index (χ1) is 9.56. The number of aromatic nitrogens is 2. The van der Waals surface area contributed by atoms with Crippen molar-refractivity contribution in [1.82, 2.24) is 10.2 Å². The number of anilines is 2. The summed E-state index contributed by atoms with van der Waals surface area (Å²) in [6.45, 7) is 0. The number of H-pyrrole nitrogens is 1. The molecule has 0 amide bonds. The van der Waals surface area contributed by atoms with Gasteiger partial charge >= 0.3 is 0 Å². The molecule has 1 heterocycles. The van der Waals surface area contributed by atoms with Gasteiger partial charge in [-0.2, -0.15) is 5.10 Å². The van der Waals surface area contributed by atoms with Gasteiger partial charge in [0.2, 0.25) is 0 Å². The molecule has 3 aromatic rings. The number of hydrogen-bond acceptors (Lipinski definition) is 4. The first kappa shape index (κ1) is 12.5. The molecule has 102 valence electrons. The van der Waals surface area contributed by atoms with E-state index < -0.39 is 10.0 Å². The highest BCUT2D eigenvalue weighted by molar-refractivity contribution is 7.92. The molecular formula is C13H12N4O2S. The molecule has 0 atom stereocenters. The van der Waals surface area contributed by atoms with Crippen molar-refractivity contribution >= 4 is 32.3 Å². The van der Waals surface area contributed by atoms with Gasteiger partial charge in [0.15, 0.2) is 0 Å². The minimum Gasteiger partial charge on any atom is -0.399 e. The average molecular weight is 288 g/mol. The maximum Gasteiger partial charge on any atom is 0.261 e. The molecule has 0 spiro atoms. The van der Waals surface area contributed by atoms with Crippen LogP contribution in [0.5, 0.6) is 0 Å². The monoisotopic (exact) mass is 288 g/mol. The fourth-order valence-electron chi connectivity index (χ4n) is 1.90. The van der Waals surface area contributed by atoms with E-state index in [1.165, 1.54) is 12.1 Å². The Hall–Kier alpha value is -2.54. The molecule has 0 aliphatic heterocycles. The zero-order valence-corrected chi connectivity index (χ0v) is 11.2.